The van der Waals surface area contributed by atoms with Crippen LogP contribution in [0, 0.1) is 5.92 Å². The fraction of sp³-hybridized carbons (Fsp3) is 0.923. The van der Waals surface area contributed by atoms with E-state index in [4.69, 9.17) is 4.74 Å². The van der Waals surface area contributed by atoms with E-state index in [0.717, 1.165) is 38.9 Å². The Hall–Kier alpha value is -0.610. The first-order chi connectivity index (χ1) is 8.12. The van der Waals surface area contributed by atoms with Gasteiger partial charge in [0.2, 0.25) is 5.91 Å². The molecule has 96 valence electrons. The van der Waals surface area contributed by atoms with E-state index in [2.05, 4.69) is 24.1 Å². The molecule has 4 nitrogen and oxygen atoms in total. The SMILES string of the molecule is CC(C)CC1NC2(CC2)C(=O)N1C1CCOC1. The average Bonchev–Trinajstić information content (AvgIpc) is 2.74. The highest BCUT2D eigenvalue weighted by molar-refractivity contribution is 5.92. The number of amides is 1. The molecule has 2 atom stereocenters. The van der Waals surface area contributed by atoms with E-state index in [1.54, 1.807) is 0 Å². The summed E-state index contributed by atoms with van der Waals surface area (Å²) in [5.41, 5.74) is -0.178. The molecule has 17 heavy (non-hydrogen) atoms. The number of nitrogens with zero attached hydrogens (tertiary/aromatic N) is 1. The lowest BCUT2D eigenvalue weighted by atomic mass is 10.1. The molecule has 0 aromatic carbocycles. The van der Waals surface area contributed by atoms with Gasteiger partial charge in [-0.1, -0.05) is 13.8 Å². The molecule has 1 aliphatic carbocycles. The summed E-state index contributed by atoms with van der Waals surface area (Å²) in [6.45, 7) is 5.95. The van der Waals surface area contributed by atoms with Gasteiger partial charge in [-0.25, -0.2) is 0 Å². The van der Waals surface area contributed by atoms with Gasteiger partial charge in [-0.05, 0) is 31.6 Å². The van der Waals surface area contributed by atoms with E-state index in [1.807, 2.05) is 0 Å². The molecular formula is C13H22N2O2. The van der Waals surface area contributed by atoms with E-state index >= 15 is 0 Å². The lowest BCUT2D eigenvalue weighted by Gasteiger charge is -2.30. The van der Waals surface area contributed by atoms with Crippen molar-refractivity contribution < 1.29 is 9.53 Å². The van der Waals surface area contributed by atoms with Crippen molar-refractivity contribution in [1.29, 1.82) is 0 Å². The molecule has 1 N–H and O–H groups in total. The molecule has 2 aliphatic heterocycles. The minimum atomic E-state index is -0.178. The Bertz CT molecular complexity index is 319. The molecule has 3 fully saturated rings. The normalized spacial score (nSPS) is 35.2. The number of nitrogens with one attached hydrogen (secondary N) is 1. The molecule has 0 aromatic heterocycles. The van der Waals surface area contributed by atoms with E-state index in [9.17, 15) is 4.79 Å². The Labute approximate surface area is 103 Å². The molecule has 2 unspecified atom stereocenters. The molecule has 3 aliphatic rings. The van der Waals surface area contributed by atoms with E-state index in [-0.39, 0.29) is 11.7 Å². The van der Waals surface area contributed by atoms with Gasteiger partial charge in [-0.2, -0.15) is 0 Å². The van der Waals surface area contributed by atoms with Crippen LogP contribution in [0.25, 0.3) is 0 Å². The van der Waals surface area contributed by atoms with Crippen LogP contribution >= 0.6 is 0 Å². The Kier molecular flexibility index (Phi) is 2.67. The molecule has 2 heterocycles. The summed E-state index contributed by atoms with van der Waals surface area (Å²) >= 11 is 0. The Morgan fingerprint density at radius 3 is 2.82 bits per heavy atom. The minimum absolute atomic E-state index is 0.178. The summed E-state index contributed by atoms with van der Waals surface area (Å²) in [7, 11) is 0. The summed E-state index contributed by atoms with van der Waals surface area (Å²) in [5, 5.41) is 3.57. The summed E-state index contributed by atoms with van der Waals surface area (Å²) in [5.74, 6) is 0.942. The molecule has 0 radical (unpaired) electrons. The second kappa shape index (κ2) is 3.95. The largest absolute Gasteiger partial charge is 0.379 e. The average molecular weight is 238 g/mol. The van der Waals surface area contributed by atoms with Crippen molar-refractivity contribution >= 4 is 5.91 Å². The quantitative estimate of drug-likeness (QED) is 0.801. The second-order valence-electron chi connectivity index (χ2n) is 6.10. The third kappa shape index (κ3) is 1.87. The van der Waals surface area contributed by atoms with Crippen LogP contribution in [0.3, 0.4) is 0 Å². The fourth-order valence-electron chi connectivity index (χ4n) is 3.10. The van der Waals surface area contributed by atoms with Crippen LogP contribution in [-0.4, -0.2) is 41.8 Å². The topological polar surface area (TPSA) is 41.6 Å². The van der Waals surface area contributed by atoms with Crippen LogP contribution in [0.2, 0.25) is 0 Å². The van der Waals surface area contributed by atoms with Crippen LogP contribution in [0.4, 0.5) is 0 Å². The Balaban J connectivity index is 1.78. The second-order valence-corrected chi connectivity index (χ2v) is 6.10. The van der Waals surface area contributed by atoms with Crippen LogP contribution < -0.4 is 5.32 Å². The molecule has 0 aromatic rings. The minimum Gasteiger partial charge on any atom is -0.379 e. The van der Waals surface area contributed by atoms with Crippen molar-refractivity contribution in [3.05, 3.63) is 0 Å². The lowest BCUT2D eigenvalue weighted by molar-refractivity contribution is -0.133. The van der Waals surface area contributed by atoms with Gasteiger partial charge in [-0.15, -0.1) is 0 Å². The summed E-state index contributed by atoms with van der Waals surface area (Å²) < 4.78 is 5.44. The zero-order valence-electron chi connectivity index (χ0n) is 10.7. The van der Waals surface area contributed by atoms with Crippen molar-refractivity contribution in [3.8, 4) is 0 Å². The summed E-state index contributed by atoms with van der Waals surface area (Å²) in [6, 6.07) is 0.304. The van der Waals surface area contributed by atoms with Gasteiger partial charge < -0.3 is 9.64 Å². The molecule has 1 saturated carbocycles. The number of carbonyl (C=O) groups excluding carboxylic acids is 1. The van der Waals surface area contributed by atoms with Gasteiger partial charge >= 0.3 is 0 Å². The first kappa shape index (κ1) is 11.5. The highest BCUT2D eigenvalue weighted by Crippen LogP contribution is 2.44. The Morgan fingerprint density at radius 2 is 2.29 bits per heavy atom. The number of ether oxygens (including phenoxy) is 1. The molecule has 3 rings (SSSR count). The van der Waals surface area contributed by atoms with Gasteiger partial charge in [0.15, 0.2) is 0 Å². The highest BCUT2D eigenvalue weighted by Gasteiger charge is 2.60. The van der Waals surface area contributed by atoms with Gasteiger partial charge in [0.25, 0.3) is 0 Å². The van der Waals surface area contributed by atoms with Gasteiger partial charge in [-0.3, -0.25) is 10.1 Å². The smallest absolute Gasteiger partial charge is 0.244 e. The molecule has 4 heteroatoms. The molecular weight excluding hydrogens is 216 g/mol. The third-order valence-corrected chi connectivity index (χ3v) is 4.17. The molecule has 1 spiro atoms. The predicted octanol–water partition coefficient (Wildman–Crippen LogP) is 1.11. The van der Waals surface area contributed by atoms with Crippen molar-refractivity contribution in [3.63, 3.8) is 0 Å². The molecule has 1 amide bonds. The lowest BCUT2D eigenvalue weighted by Crippen LogP contribution is -2.45. The van der Waals surface area contributed by atoms with Crippen LogP contribution in [-0.2, 0) is 9.53 Å². The maximum Gasteiger partial charge on any atom is 0.244 e. The van der Waals surface area contributed by atoms with Gasteiger partial charge in [0.05, 0.1) is 24.4 Å². The molecule has 2 saturated heterocycles. The van der Waals surface area contributed by atoms with Crippen LogP contribution in [0.15, 0.2) is 0 Å². The van der Waals surface area contributed by atoms with Crippen molar-refractivity contribution in [2.75, 3.05) is 13.2 Å². The Morgan fingerprint density at radius 1 is 1.53 bits per heavy atom. The number of hydrogen-bond donors (Lipinski definition) is 1. The molecule has 0 bridgehead atoms. The zero-order chi connectivity index (χ0) is 12.0. The number of hydrogen-bond acceptors (Lipinski definition) is 3. The van der Waals surface area contributed by atoms with Crippen molar-refractivity contribution in [1.82, 2.24) is 10.2 Å². The highest BCUT2D eigenvalue weighted by atomic mass is 16.5. The van der Waals surface area contributed by atoms with Crippen molar-refractivity contribution in [2.45, 2.75) is 57.3 Å². The van der Waals surface area contributed by atoms with Crippen LogP contribution in [0.5, 0.6) is 0 Å². The summed E-state index contributed by atoms with van der Waals surface area (Å²) in [6.07, 6.45) is 4.31. The van der Waals surface area contributed by atoms with Gasteiger partial charge in [0, 0.05) is 6.61 Å². The monoisotopic (exact) mass is 238 g/mol. The fourth-order valence-corrected chi connectivity index (χ4v) is 3.10. The van der Waals surface area contributed by atoms with E-state index in [1.165, 1.54) is 0 Å². The standard InChI is InChI=1S/C13H22N2O2/c1-9(2)7-11-14-13(4-5-13)12(16)15(11)10-3-6-17-8-10/h9-11,14H,3-8H2,1-2H3. The number of rotatable bonds is 3. The van der Waals surface area contributed by atoms with Gasteiger partial charge in [0.1, 0.15) is 0 Å². The van der Waals surface area contributed by atoms with Crippen molar-refractivity contribution in [2.24, 2.45) is 5.92 Å². The summed E-state index contributed by atoms with van der Waals surface area (Å²) in [4.78, 5) is 14.6. The van der Waals surface area contributed by atoms with E-state index in [0.29, 0.717) is 17.9 Å². The van der Waals surface area contributed by atoms with E-state index < -0.39 is 0 Å². The predicted molar refractivity (Wildman–Crippen MR) is 64.4 cm³/mol. The first-order valence-electron chi connectivity index (χ1n) is 6.80. The maximum absolute atomic E-state index is 12.5. The maximum atomic E-state index is 12.5. The third-order valence-electron chi connectivity index (χ3n) is 4.17. The number of carbonyl (C=O) groups is 1. The van der Waals surface area contributed by atoms with Crippen LogP contribution in [0.1, 0.15) is 39.5 Å². The first-order valence-corrected chi connectivity index (χ1v) is 6.80. The zero-order valence-corrected chi connectivity index (χ0v) is 10.7.